The Bertz CT molecular complexity index is 461. The molecule has 0 radical (unpaired) electrons. The predicted octanol–water partition coefficient (Wildman–Crippen LogP) is 0.132. The smallest absolute Gasteiger partial charge is 0.251 e. The van der Waals surface area contributed by atoms with Gasteiger partial charge >= 0.3 is 0 Å². The first-order chi connectivity index (χ1) is 8.69. The number of aromatic nitrogens is 1. The monoisotopic (exact) mass is 248 g/mol. The number of anilines is 1. The van der Waals surface area contributed by atoms with Gasteiger partial charge < -0.3 is 16.0 Å². The van der Waals surface area contributed by atoms with E-state index in [-0.39, 0.29) is 17.9 Å². The van der Waals surface area contributed by atoms with E-state index in [4.69, 9.17) is 0 Å². The standard InChI is InChI=1S/C12H16N4O2/c1-13-10-6-8(4-5-14-10)12(18)15-7-9-2-3-11(17)16-9/h4-6,9H,2-3,7H2,1H3,(H,13,14)(H,15,18)(H,16,17). The van der Waals surface area contributed by atoms with E-state index in [0.717, 1.165) is 6.42 Å². The molecule has 0 bridgehead atoms. The fraction of sp³-hybridized carbons (Fsp3) is 0.417. The number of carbonyl (C=O) groups excluding carboxylic acids is 2. The normalized spacial score (nSPS) is 18.3. The van der Waals surface area contributed by atoms with Crippen molar-refractivity contribution in [2.24, 2.45) is 0 Å². The summed E-state index contributed by atoms with van der Waals surface area (Å²) in [4.78, 5) is 26.9. The second-order valence-corrected chi connectivity index (χ2v) is 4.19. The van der Waals surface area contributed by atoms with Crippen LogP contribution in [0.2, 0.25) is 0 Å². The SMILES string of the molecule is CNc1cc(C(=O)NCC2CCC(=O)N2)ccn1. The Hall–Kier alpha value is -2.11. The molecule has 6 heteroatoms. The lowest BCUT2D eigenvalue weighted by Crippen LogP contribution is -2.38. The van der Waals surface area contributed by atoms with Crippen molar-refractivity contribution in [2.75, 3.05) is 18.9 Å². The second-order valence-electron chi connectivity index (χ2n) is 4.19. The summed E-state index contributed by atoms with van der Waals surface area (Å²) in [5.41, 5.74) is 0.554. The first-order valence-corrected chi connectivity index (χ1v) is 5.90. The Balaban J connectivity index is 1.89. The van der Waals surface area contributed by atoms with Crippen molar-refractivity contribution in [2.45, 2.75) is 18.9 Å². The molecule has 1 fully saturated rings. The Morgan fingerprint density at radius 3 is 3.11 bits per heavy atom. The molecule has 96 valence electrons. The van der Waals surface area contributed by atoms with E-state index in [1.807, 2.05) is 0 Å². The first kappa shape index (κ1) is 12.3. The third kappa shape index (κ3) is 2.97. The van der Waals surface area contributed by atoms with Gasteiger partial charge in [-0.2, -0.15) is 0 Å². The van der Waals surface area contributed by atoms with Gasteiger partial charge in [0.2, 0.25) is 5.91 Å². The number of rotatable bonds is 4. The largest absolute Gasteiger partial charge is 0.373 e. The van der Waals surface area contributed by atoms with E-state index in [1.54, 1.807) is 25.4 Å². The van der Waals surface area contributed by atoms with Crippen molar-refractivity contribution in [3.63, 3.8) is 0 Å². The molecule has 0 spiro atoms. The summed E-state index contributed by atoms with van der Waals surface area (Å²) in [6.45, 7) is 0.460. The number of amides is 2. The van der Waals surface area contributed by atoms with Crippen LogP contribution in [-0.2, 0) is 4.79 Å². The van der Waals surface area contributed by atoms with Crippen LogP contribution in [0.4, 0.5) is 5.82 Å². The molecule has 1 atom stereocenters. The molecule has 2 heterocycles. The topological polar surface area (TPSA) is 83.1 Å². The van der Waals surface area contributed by atoms with Crippen molar-refractivity contribution in [3.8, 4) is 0 Å². The van der Waals surface area contributed by atoms with Crippen LogP contribution in [0.1, 0.15) is 23.2 Å². The number of carbonyl (C=O) groups is 2. The third-order valence-electron chi connectivity index (χ3n) is 2.87. The number of pyridine rings is 1. The van der Waals surface area contributed by atoms with Gasteiger partial charge in [-0.05, 0) is 18.6 Å². The highest BCUT2D eigenvalue weighted by molar-refractivity contribution is 5.94. The molecule has 0 aromatic carbocycles. The van der Waals surface area contributed by atoms with Crippen molar-refractivity contribution in [1.29, 1.82) is 0 Å². The molecule has 1 aromatic rings. The molecule has 1 aliphatic rings. The van der Waals surface area contributed by atoms with Crippen LogP contribution in [0.25, 0.3) is 0 Å². The Labute approximate surface area is 105 Å². The van der Waals surface area contributed by atoms with Crippen molar-refractivity contribution >= 4 is 17.6 Å². The van der Waals surface area contributed by atoms with Crippen LogP contribution >= 0.6 is 0 Å². The summed E-state index contributed by atoms with van der Waals surface area (Å²) in [5, 5.41) is 8.49. The Morgan fingerprint density at radius 2 is 2.44 bits per heavy atom. The highest BCUT2D eigenvalue weighted by Crippen LogP contribution is 2.07. The van der Waals surface area contributed by atoms with Crippen molar-refractivity contribution in [3.05, 3.63) is 23.9 Å². The van der Waals surface area contributed by atoms with E-state index in [1.165, 1.54) is 0 Å². The van der Waals surface area contributed by atoms with Gasteiger partial charge in [-0.15, -0.1) is 0 Å². The van der Waals surface area contributed by atoms with Crippen molar-refractivity contribution in [1.82, 2.24) is 15.6 Å². The molecule has 2 amide bonds. The summed E-state index contributed by atoms with van der Waals surface area (Å²) >= 11 is 0. The minimum atomic E-state index is -0.157. The number of nitrogens with one attached hydrogen (secondary N) is 3. The van der Waals surface area contributed by atoms with E-state index < -0.39 is 0 Å². The highest BCUT2D eigenvalue weighted by atomic mass is 16.2. The van der Waals surface area contributed by atoms with Gasteiger partial charge in [0.1, 0.15) is 5.82 Å². The molecular formula is C12H16N4O2. The van der Waals surface area contributed by atoms with Crippen LogP contribution in [0.5, 0.6) is 0 Å². The lowest BCUT2D eigenvalue weighted by Gasteiger charge is -2.11. The average Bonchev–Trinajstić information content (AvgIpc) is 2.82. The molecular weight excluding hydrogens is 232 g/mol. The Kier molecular flexibility index (Phi) is 3.76. The van der Waals surface area contributed by atoms with Crippen LogP contribution < -0.4 is 16.0 Å². The summed E-state index contributed by atoms with van der Waals surface area (Å²) < 4.78 is 0. The van der Waals surface area contributed by atoms with Crippen LogP contribution in [-0.4, -0.2) is 36.4 Å². The molecule has 18 heavy (non-hydrogen) atoms. The zero-order chi connectivity index (χ0) is 13.0. The molecule has 1 saturated heterocycles. The third-order valence-corrected chi connectivity index (χ3v) is 2.87. The molecule has 3 N–H and O–H groups in total. The zero-order valence-corrected chi connectivity index (χ0v) is 10.2. The zero-order valence-electron chi connectivity index (χ0n) is 10.2. The van der Waals surface area contributed by atoms with Crippen molar-refractivity contribution < 1.29 is 9.59 Å². The summed E-state index contributed by atoms with van der Waals surface area (Å²) in [6, 6.07) is 3.39. The van der Waals surface area contributed by atoms with Gasteiger partial charge in [0, 0.05) is 37.8 Å². The minimum absolute atomic E-state index is 0.0482. The van der Waals surface area contributed by atoms with Gasteiger partial charge in [-0.3, -0.25) is 9.59 Å². The van der Waals surface area contributed by atoms with E-state index >= 15 is 0 Å². The minimum Gasteiger partial charge on any atom is -0.373 e. The lowest BCUT2D eigenvalue weighted by atomic mass is 10.2. The quantitative estimate of drug-likeness (QED) is 0.707. The molecule has 1 unspecified atom stereocenters. The molecule has 1 aromatic heterocycles. The maximum atomic E-state index is 11.9. The number of hydrogen-bond donors (Lipinski definition) is 3. The fourth-order valence-electron chi connectivity index (χ4n) is 1.86. The number of hydrogen-bond acceptors (Lipinski definition) is 4. The van der Waals surface area contributed by atoms with Crippen LogP contribution in [0.15, 0.2) is 18.3 Å². The molecule has 1 aliphatic heterocycles. The van der Waals surface area contributed by atoms with E-state index in [9.17, 15) is 9.59 Å². The summed E-state index contributed by atoms with van der Waals surface area (Å²) in [7, 11) is 1.75. The summed E-state index contributed by atoms with van der Waals surface area (Å²) in [6.07, 6.45) is 2.90. The Morgan fingerprint density at radius 1 is 1.61 bits per heavy atom. The lowest BCUT2D eigenvalue weighted by molar-refractivity contribution is -0.119. The summed E-state index contributed by atoms with van der Waals surface area (Å²) in [5.74, 6) is 0.544. The predicted molar refractivity (Wildman–Crippen MR) is 67.3 cm³/mol. The highest BCUT2D eigenvalue weighted by Gasteiger charge is 2.21. The van der Waals surface area contributed by atoms with Gasteiger partial charge in [0.05, 0.1) is 0 Å². The molecule has 6 nitrogen and oxygen atoms in total. The van der Waals surface area contributed by atoms with Gasteiger partial charge in [0.15, 0.2) is 0 Å². The van der Waals surface area contributed by atoms with Gasteiger partial charge in [-0.1, -0.05) is 0 Å². The fourth-order valence-corrected chi connectivity index (χ4v) is 1.86. The molecule has 2 rings (SSSR count). The first-order valence-electron chi connectivity index (χ1n) is 5.90. The molecule has 0 aliphatic carbocycles. The second kappa shape index (κ2) is 5.48. The van der Waals surface area contributed by atoms with E-state index in [2.05, 4.69) is 20.9 Å². The number of nitrogens with zero attached hydrogens (tertiary/aromatic N) is 1. The molecule has 0 saturated carbocycles. The maximum Gasteiger partial charge on any atom is 0.251 e. The average molecular weight is 248 g/mol. The maximum absolute atomic E-state index is 11.9. The van der Waals surface area contributed by atoms with Gasteiger partial charge in [-0.25, -0.2) is 4.98 Å². The van der Waals surface area contributed by atoms with E-state index in [0.29, 0.717) is 24.3 Å². The van der Waals surface area contributed by atoms with Crippen LogP contribution in [0, 0.1) is 0 Å². The van der Waals surface area contributed by atoms with Crippen LogP contribution in [0.3, 0.4) is 0 Å². The van der Waals surface area contributed by atoms with Gasteiger partial charge in [0.25, 0.3) is 5.91 Å².